The van der Waals surface area contributed by atoms with Crippen molar-refractivity contribution in [3.05, 3.63) is 0 Å². The van der Waals surface area contributed by atoms with Crippen LogP contribution >= 0.6 is 0 Å². The van der Waals surface area contributed by atoms with Crippen LogP contribution in [-0.4, -0.2) is 53.9 Å². The number of aliphatic carboxylic acids is 1. The highest BCUT2D eigenvalue weighted by Gasteiger charge is 2.35. The summed E-state index contributed by atoms with van der Waals surface area (Å²) in [7, 11) is -2.21. The summed E-state index contributed by atoms with van der Waals surface area (Å²) < 4.78 is 24.5. The van der Waals surface area contributed by atoms with Gasteiger partial charge in [0.2, 0.25) is 10.0 Å². The third-order valence-electron chi connectivity index (χ3n) is 3.10. The van der Waals surface area contributed by atoms with Crippen LogP contribution in [0.25, 0.3) is 0 Å². The van der Waals surface area contributed by atoms with Gasteiger partial charge < -0.3 is 10.2 Å². The Balaban J connectivity index is 2.56. The maximum atomic E-state index is 11.7. The van der Waals surface area contributed by atoms with Gasteiger partial charge in [0.15, 0.2) is 0 Å². The van der Waals surface area contributed by atoms with Crippen LogP contribution in [0.15, 0.2) is 0 Å². The highest BCUT2D eigenvalue weighted by atomic mass is 32.2. The van der Waals surface area contributed by atoms with Crippen molar-refractivity contribution < 1.29 is 23.4 Å². The summed E-state index contributed by atoms with van der Waals surface area (Å²) in [6.45, 7) is 0.0505. The number of carbonyl (C=O) groups is 1. The van der Waals surface area contributed by atoms with Gasteiger partial charge in [0.1, 0.15) is 0 Å². The Morgan fingerprint density at radius 1 is 1.35 bits per heavy atom. The third-order valence-corrected chi connectivity index (χ3v) is 4.90. The molecule has 100 valence electrons. The first-order valence-electron chi connectivity index (χ1n) is 5.63. The summed E-state index contributed by atoms with van der Waals surface area (Å²) in [5.74, 6) is -1.56. The molecular formula is C10H19NO5S. The van der Waals surface area contributed by atoms with Crippen LogP contribution in [0.4, 0.5) is 0 Å². The Morgan fingerprint density at radius 3 is 2.35 bits per heavy atom. The van der Waals surface area contributed by atoms with Gasteiger partial charge in [-0.1, -0.05) is 12.8 Å². The maximum absolute atomic E-state index is 11.7. The largest absolute Gasteiger partial charge is 0.481 e. The van der Waals surface area contributed by atoms with E-state index in [0.29, 0.717) is 12.8 Å². The van der Waals surface area contributed by atoms with Crippen LogP contribution in [0.3, 0.4) is 0 Å². The van der Waals surface area contributed by atoms with E-state index in [9.17, 15) is 18.3 Å². The van der Waals surface area contributed by atoms with Crippen molar-refractivity contribution in [2.45, 2.75) is 37.7 Å². The predicted octanol–water partition coefficient (Wildman–Crippen LogP) is 0.0278. The highest BCUT2D eigenvalue weighted by Crippen LogP contribution is 2.30. The average molecular weight is 265 g/mol. The van der Waals surface area contributed by atoms with E-state index < -0.39 is 33.8 Å². The van der Waals surface area contributed by atoms with E-state index in [0.717, 1.165) is 17.1 Å². The van der Waals surface area contributed by atoms with Crippen LogP contribution in [0.2, 0.25) is 0 Å². The molecule has 1 rings (SSSR count). The molecule has 0 radical (unpaired) electrons. The molecule has 0 aromatic rings. The number of likely N-dealkylation sites (N-methyl/N-ethyl adjacent to an activating group) is 1. The molecule has 1 aliphatic carbocycles. The zero-order valence-electron chi connectivity index (χ0n) is 9.92. The molecule has 1 saturated carbocycles. The van der Waals surface area contributed by atoms with Gasteiger partial charge in [-0.15, -0.1) is 0 Å². The number of aliphatic hydroxyl groups is 1. The Hall–Kier alpha value is -0.660. The van der Waals surface area contributed by atoms with Gasteiger partial charge >= 0.3 is 5.97 Å². The third kappa shape index (κ3) is 4.25. The molecule has 0 aliphatic heterocycles. The van der Waals surface area contributed by atoms with Gasteiger partial charge in [-0.2, -0.15) is 0 Å². The Labute approximate surface area is 101 Å². The van der Waals surface area contributed by atoms with E-state index >= 15 is 0 Å². The van der Waals surface area contributed by atoms with Crippen LogP contribution in [0.1, 0.15) is 32.1 Å². The van der Waals surface area contributed by atoms with Gasteiger partial charge in [-0.25, -0.2) is 12.7 Å². The minimum absolute atomic E-state index is 0.0505. The van der Waals surface area contributed by atoms with Crippen molar-refractivity contribution in [2.24, 2.45) is 0 Å². The molecule has 1 aliphatic rings. The minimum Gasteiger partial charge on any atom is -0.481 e. The van der Waals surface area contributed by atoms with Crippen LogP contribution in [0.5, 0.6) is 0 Å². The summed E-state index contributed by atoms with van der Waals surface area (Å²) in [5.41, 5.74) is -0.939. The van der Waals surface area contributed by atoms with Crippen LogP contribution in [-0.2, 0) is 14.8 Å². The van der Waals surface area contributed by atoms with Crippen molar-refractivity contribution >= 4 is 16.0 Å². The topological polar surface area (TPSA) is 94.9 Å². The standard InChI is InChI=1S/C10H19NO5S/c1-11(8-10(14)5-2-3-6-10)17(15,16)7-4-9(12)13/h14H,2-8H2,1H3,(H,12,13). The van der Waals surface area contributed by atoms with Gasteiger partial charge in [0, 0.05) is 13.6 Å². The normalized spacial score (nSPS) is 19.7. The van der Waals surface area contributed by atoms with E-state index in [1.54, 1.807) is 0 Å². The molecule has 0 aromatic carbocycles. The number of sulfonamides is 1. The molecule has 2 N–H and O–H groups in total. The van der Waals surface area contributed by atoms with Gasteiger partial charge in [-0.05, 0) is 12.8 Å². The summed E-state index contributed by atoms with van der Waals surface area (Å²) in [6, 6.07) is 0. The molecule has 0 saturated heterocycles. The fraction of sp³-hybridized carbons (Fsp3) is 0.900. The maximum Gasteiger partial charge on any atom is 0.304 e. The number of hydrogen-bond donors (Lipinski definition) is 2. The lowest BCUT2D eigenvalue weighted by atomic mass is 10.0. The first-order chi connectivity index (χ1) is 7.75. The number of rotatable bonds is 6. The van der Waals surface area contributed by atoms with E-state index in [4.69, 9.17) is 5.11 Å². The second-order valence-corrected chi connectivity index (χ2v) is 6.84. The molecule has 6 nitrogen and oxygen atoms in total. The lowest BCUT2D eigenvalue weighted by Crippen LogP contribution is -2.43. The summed E-state index contributed by atoms with van der Waals surface area (Å²) in [5, 5.41) is 18.5. The number of carboxylic acid groups (broad SMARTS) is 1. The molecule has 0 aromatic heterocycles. The number of nitrogens with zero attached hydrogens (tertiary/aromatic N) is 1. The minimum atomic E-state index is -3.59. The molecule has 0 amide bonds. The molecule has 0 spiro atoms. The molecule has 17 heavy (non-hydrogen) atoms. The summed E-state index contributed by atoms with van der Waals surface area (Å²) >= 11 is 0. The van der Waals surface area contributed by atoms with Crippen molar-refractivity contribution in [1.82, 2.24) is 4.31 Å². The van der Waals surface area contributed by atoms with E-state index in [1.165, 1.54) is 7.05 Å². The number of carboxylic acids is 1. The molecule has 0 heterocycles. The quantitative estimate of drug-likeness (QED) is 0.706. The smallest absolute Gasteiger partial charge is 0.304 e. The second-order valence-electron chi connectivity index (χ2n) is 4.65. The predicted molar refractivity (Wildman–Crippen MR) is 62.1 cm³/mol. The van der Waals surface area contributed by atoms with Crippen molar-refractivity contribution in [3.63, 3.8) is 0 Å². The van der Waals surface area contributed by atoms with Gasteiger partial charge in [0.05, 0.1) is 17.8 Å². The first-order valence-corrected chi connectivity index (χ1v) is 7.24. The molecule has 1 fully saturated rings. The molecular weight excluding hydrogens is 246 g/mol. The summed E-state index contributed by atoms with van der Waals surface area (Å²) in [4.78, 5) is 10.3. The lowest BCUT2D eigenvalue weighted by molar-refractivity contribution is -0.136. The average Bonchev–Trinajstić information content (AvgIpc) is 2.62. The first kappa shape index (κ1) is 14.4. The highest BCUT2D eigenvalue weighted by molar-refractivity contribution is 7.89. The summed E-state index contributed by atoms with van der Waals surface area (Å²) in [6.07, 6.45) is 2.60. The van der Waals surface area contributed by atoms with Crippen LogP contribution < -0.4 is 0 Å². The Bertz CT molecular complexity index is 372. The molecule has 7 heteroatoms. The van der Waals surface area contributed by atoms with E-state index in [-0.39, 0.29) is 6.54 Å². The van der Waals surface area contributed by atoms with Crippen LogP contribution in [0, 0.1) is 0 Å². The zero-order chi connectivity index (χ0) is 13.1. The van der Waals surface area contributed by atoms with Crippen molar-refractivity contribution in [1.29, 1.82) is 0 Å². The molecule has 0 bridgehead atoms. The zero-order valence-corrected chi connectivity index (χ0v) is 10.7. The van der Waals surface area contributed by atoms with Gasteiger partial charge in [-0.3, -0.25) is 4.79 Å². The monoisotopic (exact) mass is 265 g/mol. The second kappa shape index (κ2) is 5.32. The Morgan fingerprint density at radius 2 is 1.88 bits per heavy atom. The van der Waals surface area contributed by atoms with Crippen molar-refractivity contribution in [2.75, 3.05) is 19.3 Å². The van der Waals surface area contributed by atoms with Crippen molar-refractivity contribution in [3.8, 4) is 0 Å². The van der Waals surface area contributed by atoms with E-state index in [2.05, 4.69) is 0 Å². The van der Waals surface area contributed by atoms with E-state index in [1.807, 2.05) is 0 Å². The number of hydrogen-bond acceptors (Lipinski definition) is 4. The molecule has 0 unspecified atom stereocenters. The Kier molecular flexibility index (Phi) is 4.51. The SMILES string of the molecule is CN(CC1(O)CCCC1)S(=O)(=O)CCC(=O)O. The van der Waals surface area contributed by atoms with Gasteiger partial charge in [0.25, 0.3) is 0 Å². The fourth-order valence-electron chi connectivity index (χ4n) is 2.08. The fourth-order valence-corrected chi connectivity index (χ4v) is 3.26. The lowest BCUT2D eigenvalue weighted by Gasteiger charge is -2.27. The molecule has 0 atom stereocenters.